The van der Waals surface area contributed by atoms with Crippen molar-refractivity contribution in [2.45, 2.75) is 33.6 Å². The molecule has 7 heteroatoms. The van der Waals surface area contributed by atoms with Gasteiger partial charge in [-0.2, -0.15) is 0 Å². The topological polar surface area (TPSA) is 107 Å². The van der Waals surface area contributed by atoms with Gasteiger partial charge in [-0.25, -0.2) is 0 Å². The summed E-state index contributed by atoms with van der Waals surface area (Å²) in [6.07, 6.45) is -0.651. The van der Waals surface area contributed by atoms with Crippen LogP contribution in [-0.2, 0) is 28.7 Å². The molecule has 0 rings (SSSR count). The maximum atomic E-state index is 10.6. The Balaban J connectivity index is 0. The van der Waals surface area contributed by atoms with Gasteiger partial charge in [-0.1, -0.05) is 0 Å². The second-order valence-corrected chi connectivity index (χ2v) is 3.06. The third-order valence-electron chi connectivity index (χ3n) is 1.30. The normalized spacial score (nSPS) is 8.61. The highest BCUT2D eigenvalue weighted by molar-refractivity contribution is 5.93. The van der Waals surface area contributed by atoms with Gasteiger partial charge in [-0.3, -0.25) is 19.2 Å². The molecule has 1 N–H and O–H groups in total. The Hall–Kier alpha value is -1.92. The summed E-state index contributed by atoms with van der Waals surface area (Å²) in [6, 6.07) is 0. The average Bonchev–Trinajstić information content (AvgIpc) is 2.16. The number of hydrogen-bond donors (Lipinski definition) is 1. The van der Waals surface area contributed by atoms with E-state index in [4.69, 9.17) is 5.11 Å². The fourth-order valence-electron chi connectivity index (χ4n) is 0.755. The van der Waals surface area contributed by atoms with Crippen molar-refractivity contribution in [3.8, 4) is 0 Å². The van der Waals surface area contributed by atoms with E-state index in [2.05, 4.69) is 9.47 Å². The van der Waals surface area contributed by atoms with Crippen LogP contribution in [0.2, 0.25) is 0 Å². The molecule has 0 bridgehead atoms. The van der Waals surface area contributed by atoms with Gasteiger partial charge in [0.05, 0.1) is 13.2 Å². The number of carboxylic acids is 1. The summed E-state index contributed by atoms with van der Waals surface area (Å²) in [4.78, 5) is 40.7. The Kier molecular flexibility index (Phi) is 11.8. The van der Waals surface area contributed by atoms with E-state index >= 15 is 0 Å². The zero-order chi connectivity index (χ0) is 14.6. The number of carboxylic acid groups (broad SMARTS) is 1. The highest BCUT2D eigenvalue weighted by atomic mass is 16.5. The van der Waals surface area contributed by atoms with E-state index in [0.717, 1.165) is 0 Å². The molecule has 104 valence electrons. The Bertz CT molecular complexity index is 268. The summed E-state index contributed by atoms with van der Waals surface area (Å²) < 4.78 is 9.04. The van der Waals surface area contributed by atoms with Gasteiger partial charge < -0.3 is 14.6 Å². The zero-order valence-corrected chi connectivity index (χ0v) is 10.7. The number of aliphatic carboxylic acids is 1. The number of ketones is 1. The Morgan fingerprint density at radius 1 is 0.889 bits per heavy atom. The SMILES string of the molecule is CC(=O)CC(=O)O.CCOC(=O)CC(=O)OCC. The van der Waals surface area contributed by atoms with Crippen molar-refractivity contribution in [2.75, 3.05) is 13.2 Å². The number of carbonyl (C=O) groups is 4. The van der Waals surface area contributed by atoms with E-state index in [-0.39, 0.29) is 31.8 Å². The molecule has 0 aliphatic rings. The summed E-state index contributed by atoms with van der Waals surface area (Å²) in [6.45, 7) is 5.19. The number of Topliss-reactive ketones (excluding diaryl/α,β-unsaturated/α-hetero) is 1. The van der Waals surface area contributed by atoms with E-state index in [0.29, 0.717) is 0 Å². The van der Waals surface area contributed by atoms with Gasteiger partial charge in [0.1, 0.15) is 18.6 Å². The number of carbonyl (C=O) groups excluding carboxylic acids is 3. The summed E-state index contributed by atoms with van der Waals surface area (Å²) in [5, 5.41) is 7.86. The Labute approximate surface area is 105 Å². The van der Waals surface area contributed by atoms with Gasteiger partial charge in [0.25, 0.3) is 0 Å². The first-order valence-corrected chi connectivity index (χ1v) is 5.35. The third-order valence-corrected chi connectivity index (χ3v) is 1.30. The molecular formula is C11H18O7. The predicted molar refractivity (Wildman–Crippen MR) is 60.8 cm³/mol. The van der Waals surface area contributed by atoms with E-state index in [9.17, 15) is 19.2 Å². The van der Waals surface area contributed by atoms with Crippen molar-refractivity contribution in [1.82, 2.24) is 0 Å². The number of esters is 2. The zero-order valence-electron chi connectivity index (χ0n) is 10.7. The number of hydrogen-bond acceptors (Lipinski definition) is 6. The van der Waals surface area contributed by atoms with Crippen LogP contribution < -0.4 is 0 Å². The Morgan fingerprint density at radius 3 is 1.44 bits per heavy atom. The summed E-state index contributed by atoms with van der Waals surface area (Å²) in [5.74, 6) is -2.45. The van der Waals surface area contributed by atoms with Crippen molar-refractivity contribution in [3.05, 3.63) is 0 Å². The lowest BCUT2D eigenvalue weighted by molar-refractivity contribution is -0.154. The van der Waals surface area contributed by atoms with Gasteiger partial charge in [-0.05, 0) is 20.8 Å². The molecule has 0 aliphatic heterocycles. The summed E-state index contributed by atoms with van der Waals surface area (Å²) in [7, 11) is 0. The van der Waals surface area contributed by atoms with Crippen LogP contribution >= 0.6 is 0 Å². The Morgan fingerprint density at radius 2 is 1.28 bits per heavy atom. The molecule has 0 aromatic heterocycles. The molecule has 7 nitrogen and oxygen atoms in total. The van der Waals surface area contributed by atoms with Gasteiger partial charge in [0.15, 0.2) is 0 Å². The minimum absolute atomic E-state index is 0.290. The summed E-state index contributed by atoms with van der Waals surface area (Å²) in [5.41, 5.74) is 0. The van der Waals surface area contributed by atoms with E-state index in [1.807, 2.05) is 0 Å². The first kappa shape index (κ1) is 18.4. The molecule has 0 aromatic rings. The second kappa shape index (κ2) is 11.6. The average molecular weight is 262 g/mol. The predicted octanol–water partition coefficient (Wildman–Crippen LogP) is 0.553. The van der Waals surface area contributed by atoms with Crippen LogP contribution in [-0.4, -0.2) is 42.0 Å². The first-order chi connectivity index (χ1) is 8.33. The lowest BCUT2D eigenvalue weighted by Crippen LogP contribution is -2.13. The van der Waals surface area contributed by atoms with Crippen molar-refractivity contribution < 1.29 is 33.8 Å². The highest BCUT2D eigenvalue weighted by Crippen LogP contribution is 1.89. The molecule has 0 heterocycles. The minimum Gasteiger partial charge on any atom is -0.481 e. The largest absolute Gasteiger partial charge is 0.481 e. The third kappa shape index (κ3) is 16.5. The van der Waals surface area contributed by atoms with Crippen LogP contribution in [0.4, 0.5) is 0 Å². The highest BCUT2D eigenvalue weighted by Gasteiger charge is 2.09. The van der Waals surface area contributed by atoms with Crippen molar-refractivity contribution in [1.29, 1.82) is 0 Å². The monoisotopic (exact) mass is 262 g/mol. The molecule has 0 spiro atoms. The molecule has 0 unspecified atom stereocenters. The minimum atomic E-state index is -1.06. The van der Waals surface area contributed by atoms with Crippen molar-refractivity contribution in [3.63, 3.8) is 0 Å². The van der Waals surface area contributed by atoms with E-state index in [1.54, 1.807) is 13.8 Å². The van der Waals surface area contributed by atoms with Crippen LogP contribution in [0, 0.1) is 0 Å². The van der Waals surface area contributed by atoms with Crippen LogP contribution in [0.25, 0.3) is 0 Å². The van der Waals surface area contributed by atoms with Gasteiger partial charge >= 0.3 is 17.9 Å². The maximum Gasteiger partial charge on any atom is 0.317 e. The maximum absolute atomic E-state index is 10.6. The van der Waals surface area contributed by atoms with E-state index in [1.165, 1.54) is 6.92 Å². The molecule has 0 saturated heterocycles. The molecule has 0 saturated carbocycles. The first-order valence-electron chi connectivity index (χ1n) is 5.35. The molecule has 0 atom stereocenters. The molecule has 0 fully saturated rings. The van der Waals surface area contributed by atoms with Gasteiger partial charge in [0.2, 0.25) is 0 Å². The van der Waals surface area contributed by atoms with Gasteiger partial charge in [0, 0.05) is 0 Å². The van der Waals surface area contributed by atoms with Crippen molar-refractivity contribution in [2.24, 2.45) is 0 Å². The molecule has 0 aliphatic carbocycles. The van der Waals surface area contributed by atoms with Crippen LogP contribution in [0.15, 0.2) is 0 Å². The van der Waals surface area contributed by atoms with Crippen LogP contribution in [0.5, 0.6) is 0 Å². The second-order valence-electron chi connectivity index (χ2n) is 3.06. The number of ether oxygens (including phenoxy) is 2. The fraction of sp³-hybridized carbons (Fsp3) is 0.636. The summed E-state index contributed by atoms with van der Waals surface area (Å²) >= 11 is 0. The quantitative estimate of drug-likeness (QED) is 0.550. The standard InChI is InChI=1S/C7H12O4.C4H6O3/c1-3-10-6(8)5-7(9)11-4-2;1-3(5)2-4(6)7/h3-5H2,1-2H3;2H2,1H3,(H,6,7). The molecule has 18 heavy (non-hydrogen) atoms. The smallest absolute Gasteiger partial charge is 0.317 e. The van der Waals surface area contributed by atoms with Gasteiger partial charge in [-0.15, -0.1) is 0 Å². The van der Waals surface area contributed by atoms with Crippen molar-refractivity contribution >= 4 is 23.7 Å². The van der Waals surface area contributed by atoms with E-state index < -0.39 is 17.9 Å². The van der Waals surface area contributed by atoms with Crippen LogP contribution in [0.1, 0.15) is 33.6 Å². The fourth-order valence-corrected chi connectivity index (χ4v) is 0.755. The molecule has 0 amide bonds. The van der Waals surface area contributed by atoms with Crippen LogP contribution in [0.3, 0.4) is 0 Å². The molecule has 0 aromatic carbocycles. The molecular weight excluding hydrogens is 244 g/mol. The number of rotatable bonds is 6. The molecule has 0 radical (unpaired) electrons. The lowest BCUT2D eigenvalue weighted by Gasteiger charge is -2.00. The lowest BCUT2D eigenvalue weighted by atomic mass is 10.3.